The molecule has 96 valence electrons. The molecule has 0 aliphatic rings. The van der Waals surface area contributed by atoms with E-state index < -0.39 is 0 Å². The summed E-state index contributed by atoms with van der Waals surface area (Å²) in [7, 11) is 3.28. The maximum Gasteiger partial charge on any atom is 0.203 e. The molecule has 1 aromatic carbocycles. The standard InChI is InChI=1S/C14H22O3/c1-4-5-6-7-11-17-14-12(15-2)9-8-10-13(14)16-3/h8-10H,4-7,11H2,1-3H3. The molecule has 0 aliphatic carbocycles. The first-order valence-electron chi connectivity index (χ1n) is 6.17. The summed E-state index contributed by atoms with van der Waals surface area (Å²) in [4.78, 5) is 0. The van der Waals surface area contributed by atoms with E-state index in [4.69, 9.17) is 14.2 Å². The van der Waals surface area contributed by atoms with Crippen molar-refractivity contribution in [2.45, 2.75) is 32.6 Å². The molecule has 3 heteroatoms. The number of para-hydroxylation sites is 1. The van der Waals surface area contributed by atoms with Gasteiger partial charge in [0.2, 0.25) is 5.75 Å². The summed E-state index contributed by atoms with van der Waals surface area (Å²) in [6.45, 7) is 2.90. The number of hydrogen-bond donors (Lipinski definition) is 0. The first-order chi connectivity index (χ1) is 8.33. The van der Waals surface area contributed by atoms with E-state index in [0.29, 0.717) is 12.4 Å². The summed E-state index contributed by atoms with van der Waals surface area (Å²) in [5.41, 5.74) is 0. The average Bonchev–Trinajstić information content (AvgIpc) is 2.38. The van der Waals surface area contributed by atoms with Gasteiger partial charge in [-0.1, -0.05) is 32.3 Å². The van der Waals surface area contributed by atoms with E-state index in [1.807, 2.05) is 18.2 Å². The molecule has 0 atom stereocenters. The van der Waals surface area contributed by atoms with Crippen LogP contribution in [0.5, 0.6) is 17.2 Å². The molecular formula is C14H22O3. The zero-order valence-corrected chi connectivity index (χ0v) is 11.0. The van der Waals surface area contributed by atoms with E-state index in [1.165, 1.54) is 19.3 Å². The molecule has 0 amide bonds. The highest BCUT2D eigenvalue weighted by molar-refractivity contribution is 5.51. The normalized spacial score (nSPS) is 10.1. The van der Waals surface area contributed by atoms with Crippen molar-refractivity contribution in [1.29, 1.82) is 0 Å². The summed E-state index contributed by atoms with van der Waals surface area (Å²) < 4.78 is 16.3. The zero-order chi connectivity index (χ0) is 12.5. The van der Waals surface area contributed by atoms with E-state index in [2.05, 4.69) is 6.92 Å². The van der Waals surface area contributed by atoms with Crippen LogP contribution in [0.2, 0.25) is 0 Å². The third-order valence-corrected chi connectivity index (χ3v) is 2.63. The minimum absolute atomic E-state index is 0.703. The Balaban J connectivity index is 2.55. The summed E-state index contributed by atoms with van der Waals surface area (Å²) in [6.07, 6.45) is 4.76. The van der Waals surface area contributed by atoms with E-state index in [-0.39, 0.29) is 0 Å². The Morgan fingerprint density at radius 3 is 2.12 bits per heavy atom. The summed E-state index contributed by atoms with van der Waals surface area (Å²) >= 11 is 0. The molecule has 0 spiro atoms. The van der Waals surface area contributed by atoms with Gasteiger partial charge in [-0.15, -0.1) is 0 Å². The molecule has 0 aromatic heterocycles. The van der Waals surface area contributed by atoms with Gasteiger partial charge in [0.1, 0.15) is 0 Å². The lowest BCUT2D eigenvalue weighted by Crippen LogP contribution is -2.01. The first-order valence-corrected chi connectivity index (χ1v) is 6.17. The van der Waals surface area contributed by atoms with Gasteiger partial charge in [0.25, 0.3) is 0 Å². The van der Waals surface area contributed by atoms with Gasteiger partial charge >= 0.3 is 0 Å². The van der Waals surface area contributed by atoms with Crippen LogP contribution in [-0.2, 0) is 0 Å². The number of rotatable bonds is 8. The van der Waals surface area contributed by atoms with Crippen LogP contribution in [0.15, 0.2) is 18.2 Å². The van der Waals surface area contributed by atoms with E-state index in [1.54, 1.807) is 14.2 Å². The van der Waals surface area contributed by atoms with Crippen LogP contribution < -0.4 is 14.2 Å². The molecule has 1 aromatic rings. The number of benzene rings is 1. The lowest BCUT2D eigenvalue weighted by Gasteiger charge is -2.13. The van der Waals surface area contributed by atoms with Gasteiger partial charge in [0.15, 0.2) is 11.5 Å². The third-order valence-electron chi connectivity index (χ3n) is 2.63. The van der Waals surface area contributed by atoms with Crippen molar-refractivity contribution < 1.29 is 14.2 Å². The molecule has 0 unspecified atom stereocenters. The van der Waals surface area contributed by atoms with Crippen LogP contribution in [0, 0.1) is 0 Å². The largest absolute Gasteiger partial charge is 0.493 e. The quantitative estimate of drug-likeness (QED) is 0.647. The SMILES string of the molecule is CCCCCCOc1c(OC)cccc1OC. The highest BCUT2D eigenvalue weighted by Crippen LogP contribution is 2.36. The molecule has 0 heterocycles. The van der Waals surface area contributed by atoms with Crippen molar-refractivity contribution in [3.63, 3.8) is 0 Å². The smallest absolute Gasteiger partial charge is 0.203 e. The molecule has 17 heavy (non-hydrogen) atoms. The second-order valence-corrected chi connectivity index (χ2v) is 3.90. The van der Waals surface area contributed by atoms with E-state index >= 15 is 0 Å². The fourth-order valence-electron chi connectivity index (χ4n) is 1.66. The highest BCUT2D eigenvalue weighted by Gasteiger charge is 2.10. The topological polar surface area (TPSA) is 27.7 Å². The van der Waals surface area contributed by atoms with Crippen LogP contribution in [0.1, 0.15) is 32.6 Å². The second-order valence-electron chi connectivity index (χ2n) is 3.90. The molecular weight excluding hydrogens is 216 g/mol. The van der Waals surface area contributed by atoms with Gasteiger partial charge in [-0.2, -0.15) is 0 Å². The summed E-state index contributed by atoms with van der Waals surface area (Å²) in [5.74, 6) is 2.15. The van der Waals surface area contributed by atoms with Gasteiger partial charge in [-0.3, -0.25) is 0 Å². The van der Waals surface area contributed by atoms with E-state index in [9.17, 15) is 0 Å². The first kappa shape index (κ1) is 13.7. The van der Waals surface area contributed by atoms with Crippen molar-refractivity contribution >= 4 is 0 Å². The van der Waals surface area contributed by atoms with E-state index in [0.717, 1.165) is 17.9 Å². The minimum atomic E-state index is 0.703. The number of methoxy groups -OCH3 is 2. The van der Waals surface area contributed by atoms with Gasteiger partial charge in [0.05, 0.1) is 20.8 Å². The van der Waals surface area contributed by atoms with Gasteiger partial charge in [-0.25, -0.2) is 0 Å². The molecule has 0 radical (unpaired) electrons. The van der Waals surface area contributed by atoms with Gasteiger partial charge < -0.3 is 14.2 Å². The van der Waals surface area contributed by atoms with Crippen molar-refractivity contribution in [1.82, 2.24) is 0 Å². The van der Waals surface area contributed by atoms with Crippen LogP contribution in [0.25, 0.3) is 0 Å². The maximum atomic E-state index is 5.75. The van der Waals surface area contributed by atoms with Crippen molar-refractivity contribution in [2.75, 3.05) is 20.8 Å². The van der Waals surface area contributed by atoms with Crippen LogP contribution in [0.3, 0.4) is 0 Å². The lowest BCUT2D eigenvalue weighted by molar-refractivity contribution is 0.267. The van der Waals surface area contributed by atoms with Crippen LogP contribution >= 0.6 is 0 Å². The fraction of sp³-hybridized carbons (Fsp3) is 0.571. The fourth-order valence-corrected chi connectivity index (χ4v) is 1.66. The Kier molecular flexibility index (Phi) is 6.30. The predicted molar refractivity (Wildman–Crippen MR) is 69.2 cm³/mol. The summed E-state index contributed by atoms with van der Waals surface area (Å²) in [6, 6.07) is 5.65. The monoisotopic (exact) mass is 238 g/mol. The maximum absolute atomic E-state index is 5.75. The molecule has 3 nitrogen and oxygen atoms in total. The second kappa shape index (κ2) is 7.82. The van der Waals surface area contributed by atoms with Gasteiger partial charge in [-0.05, 0) is 18.6 Å². The highest BCUT2D eigenvalue weighted by atomic mass is 16.5. The van der Waals surface area contributed by atoms with Crippen molar-refractivity contribution in [3.05, 3.63) is 18.2 Å². The minimum Gasteiger partial charge on any atom is -0.493 e. The number of hydrogen-bond acceptors (Lipinski definition) is 3. The third kappa shape index (κ3) is 4.17. The Morgan fingerprint density at radius 2 is 1.59 bits per heavy atom. The Hall–Kier alpha value is -1.38. The molecule has 0 saturated heterocycles. The van der Waals surface area contributed by atoms with Gasteiger partial charge in [0, 0.05) is 0 Å². The Labute approximate surface area is 104 Å². The summed E-state index contributed by atoms with van der Waals surface area (Å²) in [5, 5.41) is 0. The molecule has 1 rings (SSSR count). The lowest BCUT2D eigenvalue weighted by atomic mass is 10.2. The Bertz CT molecular complexity index is 301. The molecule has 0 fully saturated rings. The molecule has 0 aliphatic heterocycles. The number of unbranched alkanes of at least 4 members (excludes halogenated alkanes) is 3. The van der Waals surface area contributed by atoms with Crippen molar-refractivity contribution in [3.8, 4) is 17.2 Å². The van der Waals surface area contributed by atoms with Crippen LogP contribution in [-0.4, -0.2) is 20.8 Å². The van der Waals surface area contributed by atoms with Crippen LogP contribution in [0.4, 0.5) is 0 Å². The predicted octanol–water partition coefficient (Wildman–Crippen LogP) is 3.66. The Morgan fingerprint density at radius 1 is 0.941 bits per heavy atom. The number of ether oxygens (including phenoxy) is 3. The molecule has 0 saturated carbocycles. The molecule has 0 N–H and O–H groups in total. The zero-order valence-electron chi connectivity index (χ0n) is 11.0. The van der Waals surface area contributed by atoms with Crippen molar-refractivity contribution in [2.24, 2.45) is 0 Å². The average molecular weight is 238 g/mol. The molecule has 0 bridgehead atoms.